The molecule has 1 aromatic carbocycles. The molecule has 21 heavy (non-hydrogen) atoms. The average molecular weight is 400 g/mol. The zero-order valence-corrected chi connectivity index (χ0v) is 14.8. The van der Waals surface area contributed by atoms with E-state index in [-0.39, 0.29) is 11.8 Å². The molecular weight excluding hydrogens is 379 g/mol. The van der Waals surface area contributed by atoms with E-state index in [4.69, 9.17) is 0 Å². The van der Waals surface area contributed by atoms with Crippen molar-refractivity contribution in [2.75, 3.05) is 4.90 Å². The molecule has 1 aliphatic heterocycles. The Morgan fingerprint density at radius 2 is 1.71 bits per heavy atom. The lowest BCUT2D eigenvalue weighted by molar-refractivity contribution is -0.138. The Morgan fingerprint density at radius 3 is 2.19 bits per heavy atom. The first-order chi connectivity index (χ1) is 9.99. The standard InChI is InChI=1S/C16H21IN2O2/c1-4-13-14(20)18-16(5-2,6-3)15(21)19(13)12-9-7-11(17)8-10-12/h7-10,13H,4-6H2,1-3H3,(H,18,20). The second kappa shape index (κ2) is 6.34. The first kappa shape index (κ1) is 16.3. The van der Waals surface area contributed by atoms with Gasteiger partial charge in [0, 0.05) is 9.26 Å². The Bertz CT molecular complexity index is 538. The van der Waals surface area contributed by atoms with Gasteiger partial charge in [0.05, 0.1) is 0 Å². The molecule has 114 valence electrons. The van der Waals surface area contributed by atoms with Gasteiger partial charge in [-0.15, -0.1) is 0 Å². The minimum absolute atomic E-state index is 0.000146. The first-order valence-electron chi connectivity index (χ1n) is 7.40. The molecule has 4 nitrogen and oxygen atoms in total. The molecule has 0 aliphatic carbocycles. The van der Waals surface area contributed by atoms with Gasteiger partial charge in [-0.3, -0.25) is 14.5 Å². The molecule has 0 radical (unpaired) electrons. The zero-order valence-electron chi connectivity index (χ0n) is 12.6. The summed E-state index contributed by atoms with van der Waals surface area (Å²) in [5, 5.41) is 2.96. The summed E-state index contributed by atoms with van der Waals surface area (Å²) in [5.74, 6) is -0.0560. The minimum atomic E-state index is -0.772. The summed E-state index contributed by atoms with van der Waals surface area (Å²) in [5.41, 5.74) is 0.0274. The van der Waals surface area contributed by atoms with E-state index < -0.39 is 11.6 Å². The highest BCUT2D eigenvalue weighted by atomic mass is 127. The predicted molar refractivity (Wildman–Crippen MR) is 92.2 cm³/mol. The van der Waals surface area contributed by atoms with E-state index in [2.05, 4.69) is 27.9 Å². The number of rotatable bonds is 4. The highest BCUT2D eigenvalue weighted by Crippen LogP contribution is 2.30. The number of nitrogens with zero attached hydrogens (tertiary/aromatic N) is 1. The third kappa shape index (κ3) is 2.80. The lowest BCUT2D eigenvalue weighted by Crippen LogP contribution is -2.70. The fourth-order valence-electron chi connectivity index (χ4n) is 2.86. The molecule has 0 bridgehead atoms. The lowest BCUT2D eigenvalue weighted by atomic mass is 9.86. The topological polar surface area (TPSA) is 49.4 Å². The number of halogens is 1. The van der Waals surface area contributed by atoms with Crippen molar-refractivity contribution < 1.29 is 9.59 Å². The number of carbonyl (C=O) groups excluding carboxylic acids is 2. The SMILES string of the molecule is CCC1C(=O)NC(CC)(CC)C(=O)N1c1ccc(I)cc1. The van der Waals surface area contributed by atoms with Crippen molar-refractivity contribution in [1.82, 2.24) is 5.32 Å². The third-order valence-corrected chi connectivity index (χ3v) is 5.02. The molecule has 1 N–H and O–H groups in total. The number of carbonyl (C=O) groups is 2. The smallest absolute Gasteiger partial charge is 0.253 e. The van der Waals surface area contributed by atoms with Crippen LogP contribution in [-0.4, -0.2) is 23.4 Å². The van der Waals surface area contributed by atoms with Gasteiger partial charge in [-0.25, -0.2) is 0 Å². The van der Waals surface area contributed by atoms with Crippen molar-refractivity contribution in [2.45, 2.75) is 51.6 Å². The second-order valence-electron chi connectivity index (χ2n) is 5.35. The molecule has 5 heteroatoms. The normalized spacial score (nSPS) is 21.3. The molecule has 1 aliphatic rings. The number of piperazine rings is 1. The molecule has 1 unspecified atom stereocenters. The van der Waals surface area contributed by atoms with E-state index in [1.807, 2.05) is 45.0 Å². The molecule has 1 atom stereocenters. The number of benzene rings is 1. The van der Waals surface area contributed by atoms with E-state index in [1.54, 1.807) is 4.90 Å². The van der Waals surface area contributed by atoms with Crippen molar-refractivity contribution in [1.29, 1.82) is 0 Å². The maximum atomic E-state index is 13.0. The van der Waals surface area contributed by atoms with Crippen molar-refractivity contribution in [3.8, 4) is 0 Å². The molecule has 1 saturated heterocycles. The number of amides is 2. The van der Waals surface area contributed by atoms with Crippen LogP contribution in [0.1, 0.15) is 40.0 Å². The summed E-state index contributed by atoms with van der Waals surface area (Å²) in [6.07, 6.45) is 1.81. The van der Waals surface area contributed by atoms with Crippen LogP contribution in [0, 0.1) is 3.57 Å². The number of nitrogens with one attached hydrogen (secondary N) is 1. The Balaban J connectivity index is 2.49. The van der Waals surface area contributed by atoms with Gasteiger partial charge in [0.2, 0.25) is 5.91 Å². The van der Waals surface area contributed by atoms with Crippen LogP contribution in [0.4, 0.5) is 5.69 Å². The van der Waals surface area contributed by atoms with Crippen LogP contribution < -0.4 is 10.2 Å². The Hall–Kier alpha value is -1.11. The van der Waals surface area contributed by atoms with Gasteiger partial charge in [0.25, 0.3) is 5.91 Å². The van der Waals surface area contributed by atoms with Crippen molar-refractivity contribution >= 4 is 40.1 Å². The summed E-state index contributed by atoms with van der Waals surface area (Å²) in [4.78, 5) is 27.2. The average Bonchev–Trinajstić information content (AvgIpc) is 2.50. The lowest BCUT2D eigenvalue weighted by Gasteiger charge is -2.45. The number of hydrogen-bond acceptors (Lipinski definition) is 2. The summed E-state index contributed by atoms with van der Waals surface area (Å²) in [6, 6.07) is 7.32. The zero-order chi connectivity index (χ0) is 15.6. The van der Waals surface area contributed by atoms with Crippen LogP contribution in [-0.2, 0) is 9.59 Å². The van der Waals surface area contributed by atoms with Gasteiger partial charge in [-0.1, -0.05) is 20.8 Å². The third-order valence-electron chi connectivity index (χ3n) is 4.30. The highest BCUT2D eigenvalue weighted by Gasteiger charge is 2.48. The van der Waals surface area contributed by atoms with Crippen LogP contribution in [0.5, 0.6) is 0 Å². The largest absolute Gasteiger partial charge is 0.340 e. The molecule has 1 aromatic rings. The predicted octanol–water partition coefficient (Wildman–Crippen LogP) is 3.09. The Morgan fingerprint density at radius 1 is 1.14 bits per heavy atom. The van der Waals surface area contributed by atoms with Crippen LogP contribution in [0.3, 0.4) is 0 Å². The highest BCUT2D eigenvalue weighted by molar-refractivity contribution is 14.1. The van der Waals surface area contributed by atoms with Crippen LogP contribution in [0.2, 0.25) is 0 Å². The Kier molecular flexibility index (Phi) is 4.91. The molecule has 0 aromatic heterocycles. The quantitative estimate of drug-likeness (QED) is 0.790. The summed E-state index contributed by atoms with van der Waals surface area (Å²) < 4.78 is 1.11. The number of anilines is 1. The van der Waals surface area contributed by atoms with E-state index in [0.717, 1.165) is 9.26 Å². The van der Waals surface area contributed by atoms with Gasteiger partial charge in [-0.2, -0.15) is 0 Å². The van der Waals surface area contributed by atoms with Gasteiger partial charge < -0.3 is 5.32 Å². The van der Waals surface area contributed by atoms with Crippen LogP contribution >= 0.6 is 22.6 Å². The molecule has 0 spiro atoms. The van der Waals surface area contributed by atoms with Crippen LogP contribution in [0.15, 0.2) is 24.3 Å². The molecule has 0 saturated carbocycles. The second-order valence-corrected chi connectivity index (χ2v) is 6.60. The fourth-order valence-corrected chi connectivity index (χ4v) is 3.22. The summed E-state index contributed by atoms with van der Waals surface area (Å²) >= 11 is 2.23. The first-order valence-corrected chi connectivity index (χ1v) is 8.48. The molecule has 1 fully saturated rings. The monoisotopic (exact) mass is 400 g/mol. The van der Waals surface area contributed by atoms with E-state index in [1.165, 1.54) is 0 Å². The minimum Gasteiger partial charge on any atom is -0.340 e. The van der Waals surface area contributed by atoms with Crippen LogP contribution in [0.25, 0.3) is 0 Å². The number of hydrogen-bond donors (Lipinski definition) is 1. The van der Waals surface area contributed by atoms with E-state index in [0.29, 0.717) is 19.3 Å². The van der Waals surface area contributed by atoms with E-state index >= 15 is 0 Å². The fraction of sp³-hybridized carbons (Fsp3) is 0.500. The molecule has 2 amide bonds. The van der Waals surface area contributed by atoms with Gasteiger partial charge in [0.15, 0.2) is 0 Å². The van der Waals surface area contributed by atoms with E-state index in [9.17, 15) is 9.59 Å². The summed E-state index contributed by atoms with van der Waals surface area (Å²) in [6.45, 7) is 5.82. The molecule has 2 rings (SSSR count). The van der Waals surface area contributed by atoms with Gasteiger partial charge >= 0.3 is 0 Å². The maximum Gasteiger partial charge on any atom is 0.253 e. The molecule has 1 heterocycles. The van der Waals surface area contributed by atoms with Crippen molar-refractivity contribution in [2.24, 2.45) is 0 Å². The van der Waals surface area contributed by atoms with Crippen molar-refractivity contribution in [3.63, 3.8) is 0 Å². The summed E-state index contributed by atoms with van der Waals surface area (Å²) in [7, 11) is 0. The molecular formula is C16H21IN2O2. The van der Waals surface area contributed by atoms with Gasteiger partial charge in [-0.05, 0) is 66.1 Å². The maximum absolute atomic E-state index is 13.0. The van der Waals surface area contributed by atoms with Crippen molar-refractivity contribution in [3.05, 3.63) is 27.8 Å². The van der Waals surface area contributed by atoms with Gasteiger partial charge in [0.1, 0.15) is 11.6 Å². The Labute approximate surface area is 139 Å².